The number of benzene rings is 1. The van der Waals surface area contributed by atoms with Gasteiger partial charge in [0.25, 0.3) is 0 Å². The second kappa shape index (κ2) is 5.35. The molecule has 0 aromatic heterocycles. The van der Waals surface area contributed by atoms with Gasteiger partial charge in [-0.15, -0.1) is 0 Å². The van der Waals surface area contributed by atoms with E-state index >= 15 is 0 Å². The molecule has 0 radical (unpaired) electrons. The molecule has 2 heteroatoms. The number of carbonyl (C=O) groups excluding carboxylic acids is 1. The SMILES string of the molecule is CC.CC(=O)c1ccccc1O. The van der Waals surface area contributed by atoms with E-state index in [9.17, 15) is 4.79 Å². The summed E-state index contributed by atoms with van der Waals surface area (Å²) in [5.41, 5.74) is 0.377. The van der Waals surface area contributed by atoms with E-state index < -0.39 is 0 Å². The zero-order valence-electron chi connectivity index (χ0n) is 7.66. The Kier molecular flexibility index (Phi) is 4.77. The molecule has 0 fully saturated rings. The summed E-state index contributed by atoms with van der Waals surface area (Å²) in [7, 11) is 0. The predicted octanol–water partition coefficient (Wildman–Crippen LogP) is 2.62. The van der Waals surface area contributed by atoms with Crippen LogP contribution in [0.2, 0.25) is 0 Å². The molecule has 0 aliphatic heterocycles. The van der Waals surface area contributed by atoms with Crippen molar-refractivity contribution in [2.45, 2.75) is 20.8 Å². The number of aromatic hydroxyl groups is 1. The minimum Gasteiger partial charge on any atom is -0.507 e. The van der Waals surface area contributed by atoms with Gasteiger partial charge in [-0.3, -0.25) is 4.79 Å². The Bertz CT molecular complexity index is 254. The zero-order valence-corrected chi connectivity index (χ0v) is 7.66. The van der Waals surface area contributed by atoms with Gasteiger partial charge in [0.2, 0.25) is 0 Å². The third-order valence-electron chi connectivity index (χ3n) is 1.28. The maximum Gasteiger partial charge on any atom is 0.163 e. The van der Waals surface area contributed by atoms with Crippen molar-refractivity contribution < 1.29 is 9.90 Å². The number of para-hydroxylation sites is 1. The first kappa shape index (κ1) is 10.7. The molecular formula is C10H14O2. The Balaban J connectivity index is 0.000000561. The highest BCUT2D eigenvalue weighted by Gasteiger charge is 2.02. The molecule has 0 saturated heterocycles. The van der Waals surface area contributed by atoms with Gasteiger partial charge in [-0.05, 0) is 19.1 Å². The van der Waals surface area contributed by atoms with Gasteiger partial charge in [0.1, 0.15) is 5.75 Å². The molecule has 12 heavy (non-hydrogen) atoms. The fourth-order valence-electron chi connectivity index (χ4n) is 0.771. The minimum absolute atomic E-state index is 0.0509. The van der Waals surface area contributed by atoms with Crippen LogP contribution in [0.25, 0.3) is 0 Å². The molecule has 0 saturated carbocycles. The molecule has 2 nitrogen and oxygen atoms in total. The molecule has 0 aliphatic carbocycles. The molecule has 66 valence electrons. The minimum atomic E-state index is -0.113. The Labute approximate surface area is 72.9 Å². The Hall–Kier alpha value is -1.31. The Morgan fingerprint density at radius 1 is 1.25 bits per heavy atom. The van der Waals surface area contributed by atoms with Gasteiger partial charge in [0.15, 0.2) is 5.78 Å². The summed E-state index contributed by atoms with van der Waals surface area (Å²) in [6, 6.07) is 6.49. The second-order valence-electron chi connectivity index (χ2n) is 2.07. The first-order valence-electron chi connectivity index (χ1n) is 4.01. The number of phenolic OH excluding ortho intramolecular Hbond substituents is 1. The van der Waals surface area contributed by atoms with E-state index in [4.69, 9.17) is 5.11 Å². The number of rotatable bonds is 1. The summed E-state index contributed by atoms with van der Waals surface area (Å²) in [6.07, 6.45) is 0. The molecule has 1 aromatic rings. The van der Waals surface area contributed by atoms with E-state index in [1.54, 1.807) is 18.2 Å². The summed E-state index contributed by atoms with van der Waals surface area (Å²) in [4.78, 5) is 10.7. The van der Waals surface area contributed by atoms with Crippen molar-refractivity contribution >= 4 is 5.78 Å². The topological polar surface area (TPSA) is 37.3 Å². The van der Waals surface area contributed by atoms with E-state index in [-0.39, 0.29) is 11.5 Å². The number of hydrogen-bond donors (Lipinski definition) is 1. The summed E-state index contributed by atoms with van der Waals surface area (Å²) >= 11 is 0. The van der Waals surface area contributed by atoms with E-state index in [0.717, 1.165) is 0 Å². The zero-order chi connectivity index (χ0) is 9.56. The van der Waals surface area contributed by atoms with Crippen LogP contribution in [0.5, 0.6) is 5.75 Å². The van der Waals surface area contributed by atoms with E-state index in [2.05, 4.69) is 0 Å². The van der Waals surface area contributed by atoms with Crippen molar-refractivity contribution in [1.82, 2.24) is 0 Å². The lowest BCUT2D eigenvalue weighted by atomic mass is 10.1. The molecule has 0 bridgehead atoms. The van der Waals surface area contributed by atoms with Crippen molar-refractivity contribution in [2.75, 3.05) is 0 Å². The molecular weight excluding hydrogens is 152 g/mol. The number of hydrogen-bond acceptors (Lipinski definition) is 2. The molecule has 1 aromatic carbocycles. The van der Waals surface area contributed by atoms with Crippen LogP contribution in [0.1, 0.15) is 31.1 Å². The van der Waals surface area contributed by atoms with Gasteiger partial charge >= 0.3 is 0 Å². The first-order chi connectivity index (χ1) is 5.72. The lowest BCUT2D eigenvalue weighted by Gasteiger charge is -1.96. The van der Waals surface area contributed by atoms with Gasteiger partial charge in [-0.25, -0.2) is 0 Å². The summed E-state index contributed by atoms with van der Waals surface area (Å²) in [6.45, 7) is 5.43. The highest BCUT2D eigenvalue weighted by molar-refractivity contribution is 5.96. The summed E-state index contributed by atoms with van der Waals surface area (Å²) in [5, 5.41) is 9.06. The first-order valence-corrected chi connectivity index (χ1v) is 4.01. The Morgan fingerprint density at radius 3 is 2.08 bits per heavy atom. The monoisotopic (exact) mass is 166 g/mol. The third kappa shape index (κ3) is 2.74. The van der Waals surface area contributed by atoms with Gasteiger partial charge in [-0.1, -0.05) is 26.0 Å². The summed E-state index contributed by atoms with van der Waals surface area (Å²) in [5.74, 6) is -0.0619. The van der Waals surface area contributed by atoms with E-state index in [0.29, 0.717) is 5.56 Å². The fourth-order valence-corrected chi connectivity index (χ4v) is 0.771. The van der Waals surface area contributed by atoms with Crippen LogP contribution in [0.15, 0.2) is 24.3 Å². The molecule has 1 N–H and O–H groups in total. The highest BCUT2D eigenvalue weighted by atomic mass is 16.3. The Morgan fingerprint density at radius 2 is 1.75 bits per heavy atom. The molecule has 0 amide bonds. The fraction of sp³-hybridized carbons (Fsp3) is 0.300. The average molecular weight is 166 g/mol. The number of Topliss-reactive ketones (excluding diaryl/α,β-unsaturated/α-hetero) is 1. The van der Waals surface area contributed by atoms with Gasteiger partial charge in [-0.2, -0.15) is 0 Å². The molecule has 0 heterocycles. The van der Waals surface area contributed by atoms with E-state index in [1.807, 2.05) is 13.8 Å². The van der Waals surface area contributed by atoms with Crippen molar-refractivity contribution in [1.29, 1.82) is 0 Å². The molecule has 0 spiro atoms. The van der Waals surface area contributed by atoms with Gasteiger partial charge in [0.05, 0.1) is 5.56 Å². The van der Waals surface area contributed by atoms with Crippen molar-refractivity contribution in [3.63, 3.8) is 0 Å². The van der Waals surface area contributed by atoms with Crippen molar-refractivity contribution in [3.05, 3.63) is 29.8 Å². The lowest BCUT2D eigenvalue weighted by molar-refractivity contribution is 0.101. The highest BCUT2D eigenvalue weighted by Crippen LogP contribution is 2.15. The van der Waals surface area contributed by atoms with E-state index in [1.165, 1.54) is 13.0 Å². The van der Waals surface area contributed by atoms with Crippen molar-refractivity contribution in [2.24, 2.45) is 0 Å². The van der Waals surface area contributed by atoms with Crippen LogP contribution in [0.3, 0.4) is 0 Å². The summed E-state index contributed by atoms with van der Waals surface area (Å²) < 4.78 is 0. The quantitative estimate of drug-likeness (QED) is 0.651. The van der Waals surface area contributed by atoms with Crippen LogP contribution in [0, 0.1) is 0 Å². The number of carbonyl (C=O) groups is 1. The average Bonchev–Trinajstić information content (AvgIpc) is 2.08. The van der Waals surface area contributed by atoms with Crippen molar-refractivity contribution in [3.8, 4) is 5.75 Å². The molecule has 0 aliphatic rings. The molecule has 1 rings (SSSR count). The number of phenols is 1. The largest absolute Gasteiger partial charge is 0.507 e. The predicted molar refractivity (Wildman–Crippen MR) is 49.5 cm³/mol. The standard InChI is InChI=1S/C8H8O2.C2H6/c1-6(9)7-4-2-3-5-8(7)10;1-2/h2-5,10H,1H3;1-2H3. The van der Waals surface area contributed by atoms with Crippen LogP contribution in [-0.4, -0.2) is 10.9 Å². The third-order valence-corrected chi connectivity index (χ3v) is 1.28. The normalized spacial score (nSPS) is 8.25. The molecule has 0 unspecified atom stereocenters. The molecule has 0 atom stereocenters. The lowest BCUT2D eigenvalue weighted by Crippen LogP contribution is -1.90. The maximum absolute atomic E-state index is 10.7. The smallest absolute Gasteiger partial charge is 0.163 e. The van der Waals surface area contributed by atoms with Crippen LogP contribution < -0.4 is 0 Å². The van der Waals surface area contributed by atoms with Gasteiger partial charge < -0.3 is 5.11 Å². The van der Waals surface area contributed by atoms with Crippen LogP contribution in [-0.2, 0) is 0 Å². The van der Waals surface area contributed by atoms with Crippen LogP contribution >= 0.6 is 0 Å². The van der Waals surface area contributed by atoms with Crippen LogP contribution in [0.4, 0.5) is 0 Å². The van der Waals surface area contributed by atoms with Gasteiger partial charge in [0, 0.05) is 0 Å². The number of ketones is 1. The second-order valence-corrected chi connectivity index (χ2v) is 2.07. The maximum atomic E-state index is 10.7.